The number of hydrogen-bond acceptors (Lipinski definition) is 2. The second kappa shape index (κ2) is 6.75. The molecule has 5 heteroatoms. The topological polar surface area (TPSA) is 38.0 Å². The lowest BCUT2D eigenvalue weighted by Gasteiger charge is -2.20. The Morgan fingerprint density at radius 2 is 1.84 bits per heavy atom. The molecule has 0 saturated carbocycles. The quantitative estimate of drug-likeness (QED) is 0.754. The fraction of sp³-hybridized carbons (Fsp3) is 0.143. The van der Waals surface area contributed by atoms with E-state index in [-0.39, 0.29) is 6.04 Å². The van der Waals surface area contributed by atoms with Crippen LogP contribution >= 0.6 is 43.5 Å². The van der Waals surface area contributed by atoms with Gasteiger partial charge in [-0.3, -0.25) is 0 Å². The Kier molecular flexibility index (Phi) is 5.28. The summed E-state index contributed by atoms with van der Waals surface area (Å²) in [6, 6.07) is 13.7. The largest absolute Gasteiger partial charge is 0.376 e. The molecule has 0 heterocycles. The van der Waals surface area contributed by atoms with Crippen molar-refractivity contribution in [2.24, 2.45) is 5.73 Å². The first-order chi connectivity index (χ1) is 9.11. The van der Waals surface area contributed by atoms with Gasteiger partial charge in [0.2, 0.25) is 0 Å². The molecule has 0 amide bonds. The van der Waals surface area contributed by atoms with Gasteiger partial charge in [-0.1, -0.05) is 29.8 Å². The van der Waals surface area contributed by atoms with Gasteiger partial charge in [-0.15, -0.1) is 0 Å². The van der Waals surface area contributed by atoms with Gasteiger partial charge in [0.1, 0.15) is 0 Å². The third-order valence-corrected chi connectivity index (χ3v) is 4.99. The number of hydrogen-bond donors (Lipinski definition) is 2. The first kappa shape index (κ1) is 14.9. The zero-order valence-electron chi connectivity index (χ0n) is 10.0. The van der Waals surface area contributed by atoms with Crippen molar-refractivity contribution in [2.75, 3.05) is 11.9 Å². The Hall–Kier alpha value is -0.550. The van der Waals surface area contributed by atoms with Gasteiger partial charge in [-0.2, -0.15) is 0 Å². The van der Waals surface area contributed by atoms with E-state index < -0.39 is 0 Å². The third kappa shape index (κ3) is 3.72. The first-order valence-electron chi connectivity index (χ1n) is 5.78. The van der Waals surface area contributed by atoms with Crippen LogP contribution < -0.4 is 11.1 Å². The van der Waals surface area contributed by atoms with Crippen LogP contribution in [0.1, 0.15) is 11.6 Å². The molecular weight excluding hydrogens is 391 g/mol. The molecular formula is C14H13Br2ClN2. The van der Waals surface area contributed by atoms with E-state index in [4.69, 9.17) is 17.3 Å². The molecule has 2 nitrogen and oxygen atoms in total. The number of halogens is 3. The summed E-state index contributed by atoms with van der Waals surface area (Å²) in [5.41, 5.74) is 7.85. The molecule has 1 unspecified atom stereocenters. The Morgan fingerprint density at radius 3 is 2.47 bits per heavy atom. The molecule has 100 valence electrons. The highest BCUT2D eigenvalue weighted by Crippen LogP contribution is 2.29. The molecule has 3 N–H and O–H groups in total. The molecule has 0 aliphatic carbocycles. The van der Waals surface area contributed by atoms with Gasteiger partial charge in [0.25, 0.3) is 0 Å². The van der Waals surface area contributed by atoms with Crippen molar-refractivity contribution >= 4 is 49.1 Å². The Bertz CT molecular complexity index is 575. The summed E-state index contributed by atoms with van der Waals surface area (Å²) >= 11 is 13.1. The summed E-state index contributed by atoms with van der Waals surface area (Å²) in [5.74, 6) is 0. The van der Waals surface area contributed by atoms with Gasteiger partial charge < -0.3 is 11.1 Å². The zero-order chi connectivity index (χ0) is 13.8. The van der Waals surface area contributed by atoms with Crippen LogP contribution in [0.25, 0.3) is 0 Å². The van der Waals surface area contributed by atoms with Gasteiger partial charge in [-0.05, 0) is 61.7 Å². The molecule has 0 saturated heterocycles. The molecule has 1 atom stereocenters. The van der Waals surface area contributed by atoms with E-state index in [1.54, 1.807) is 0 Å². The van der Waals surface area contributed by atoms with Gasteiger partial charge in [0, 0.05) is 15.5 Å². The van der Waals surface area contributed by atoms with Crippen molar-refractivity contribution in [1.82, 2.24) is 0 Å². The van der Waals surface area contributed by atoms with E-state index in [1.165, 1.54) is 0 Å². The minimum Gasteiger partial charge on any atom is -0.376 e. The number of anilines is 1. The summed E-state index contributed by atoms with van der Waals surface area (Å²) in [6.07, 6.45) is 0. The summed E-state index contributed by atoms with van der Waals surface area (Å²) in [6.45, 7) is 0.485. The highest BCUT2D eigenvalue weighted by Gasteiger charge is 2.12. The van der Waals surface area contributed by atoms with Gasteiger partial charge in [0.05, 0.1) is 16.8 Å². The van der Waals surface area contributed by atoms with E-state index in [9.17, 15) is 0 Å². The number of rotatable bonds is 4. The fourth-order valence-corrected chi connectivity index (χ4v) is 2.61. The number of nitrogens with two attached hydrogens (primary N) is 1. The molecule has 2 aromatic carbocycles. The Morgan fingerprint density at radius 1 is 1.11 bits per heavy atom. The molecule has 2 aromatic rings. The molecule has 19 heavy (non-hydrogen) atoms. The van der Waals surface area contributed by atoms with Crippen LogP contribution in [-0.4, -0.2) is 6.54 Å². The third-order valence-electron chi connectivity index (χ3n) is 2.79. The second-order valence-electron chi connectivity index (χ2n) is 4.09. The lowest BCUT2D eigenvalue weighted by atomic mass is 10.1. The van der Waals surface area contributed by atoms with Crippen LogP contribution in [0, 0.1) is 0 Å². The molecule has 0 fully saturated rings. The van der Waals surface area contributed by atoms with E-state index in [2.05, 4.69) is 37.2 Å². The van der Waals surface area contributed by atoms with Crippen molar-refractivity contribution in [3.63, 3.8) is 0 Å². The van der Waals surface area contributed by atoms with Crippen molar-refractivity contribution in [3.05, 3.63) is 62.0 Å². The summed E-state index contributed by atoms with van der Waals surface area (Å²) in [7, 11) is 0. The zero-order valence-corrected chi connectivity index (χ0v) is 14.0. The van der Waals surface area contributed by atoms with E-state index in [0.717, 1.165) is 20.2 Å². The molecule has 2 rings (SSSR count). The molecule has 0 aliphatic rings. The predicted molar refractivity (Wildman–Crippen MR) is 88.7 cm³/mol. The van der Waals surface area contributed by atoms with Crippen LogP contribution in [0.3, 0.4) is 0 Å². The minimum absolute atomic E-state index is 0.0179. The normalized spacial score (nSPS) is 12.2. The fourth-order valence-electron chi connectivity index (χ4n) is 1.77. The summed E-state index contributed by atoms with van der Waals surface area (Å²) in [4.78, 5) is 0. The number of para-hydroxylation sites is 1. The Balaban J connectivity index is 2.25. The van der Waals surface area contributed by atoms with Gasteiger partial charge in [-0.25, -0.2) is 0 Å². The summed E-state index contributed by atoms with van der Waals surface area (Å²) in [5, 5.41) is 4.06. The lowest BCUT2D eigenvalue weighted by Crippen LogP contribution is -2.20. The van der Waals surface area contributed by atoms with E-state index >= 15 is 0 Å². The van der Waals surface area contributed by atoms with Crippen molar-refractivity contribution in [1.29, 1.82) is 0 Å². The highest BCUT2D eigenvalue weighted by atomic mass is 79.9. The van der Waals surface area contributed by atoms with Crippen molar-refractivity contribution in [2.45, 2.75) is 6.04 Å². The van der Waals surface area contributed by atoms with Crippen LogP contribution in [0.15, 0.2) is 51.4 Å². The second-order valence-corrected chi connectivity index (χ2v) is 6.20. The van der Waals surface area contributed by atoms with Crippen molar-refractivity contribution < 1.29 is 0 Å². The van der Waals surface area contributed by atoms with Crippen LogP contribution in [0.2, 0.25) is 5.02 Å². The Labute approximate surface area is 134 Å². The number of benzene rings is 2. The van der Waals surface area contributed by atoms with Crippen LogP contribution in [0.5, 0.6) is 0 Å². The molecule has 0 spiro atoms. The number of nitrogens with one attached hydrogen (secondary N) is 1. The predicted octanol–water partition coefficient (Wildman–Crippen LogP) is 4.98. The highest BCUT2D eigenvalue weighted by molar-refractivity contribution is 9.13. The van der Waals surface area contributed by atoms with Gasteiger partial charge >= 0.3 is 0 Å². The van der Waals surface area contributed by atoms with Crippen LogP contribution in [-0.2, 0) is 0 Å². The van der Waals surface area contributed by atoms with E-state index in [1.807, 2.05) is 42.5 Å². The monoisotopic (exact) mass is 402 g/mol. The summed E-state index contributed by atoms with van der Waals surface area (Å²) < 4.78 is 2.02. The minimum atomic E-state index is 0.0179. The maximum absolute atomic E-state index is 6.15. The SMILES string of the molecule is NCC(Nc1ccccc1Cl)c1ccc(Br)c(Br)c1. The molecule has 0 aromatic heterocycles. The maximum atomic E-state index is 6.15. The molecule has 0 aliphatic heterocycles. The average Bonchev–Trinajstić information content (AvgIpc) is 2.41. The lowest BCUT2D eigenvalue weighted by molar-refractivity contribution is 0.789. The molecule has 0 bridgehead atoms. The first-order valence-corrected chi connectivity index (χ1v) is 7.74. The smallest absolute Gasteiger partial charge is 0.0637 e. The average molecular weight is 405 g/mol. The standard InChI is InChI=1S/C14H13Br2ClN2/c15-10-6-5-9(7-11(10)16)14(8-18)19-13-4-2-1-3-12(13)17/h1-7,14,19H,8,18H2. The maximum Gasteiger partial charge on any atom is 0.0637 e. The van der Waals surface area contributed by atoms with E-state index in [0.29, 0.717) is 11.6 Å². The van der Waals surface area contributed by atoms with Gasteiger partial charge in [0.15, 0.2) is 0 Å². The van der Waals surface area contributed by atoms with Crippen LogP contribution in [0.4, 0.5) is 5.69 Å². The molecule has 0 radical (unpaired) electrons. The van der Waals surface area contributed by atoms with Crippen molar-refractivity contribution in [3.8, 4) is 0 Å².